The first-order valence-electron chi connectivity index (χ1n) is 4.09. The molecule has 1 aromatic heterocycles. The molecule has 13 heavy (non-hydrogen) atoms. The van der Waals surface area contributed by atoms with E-state index >= 15 is 0 Å². The first kappa shape index (κ1) is 12.8. The van der Waals surface area contributed by atoms with Crippen molar-refractivity contribution in [2.24, 2.45) is 7.05 Å². The van der Waals surface area contributed by atoms with Crippen LogP contribution in [0.5, 0.6) is 0 Å². The monoisotopic (exact) mass is 223 g/mol. The summed E-state index contributed by atoms with van der Waals surface area (Å²) in [5, 5.41) is 7.58. The van der Waals surface area contributed by atoms with Crippen LogP contribution in [-0.2, 0) is 7.05 Å². The third-order valence-electron chi connectivity index (χ3n) is 2.28. The van der Waals surface area contributed by atoms with Crippen LogP contribution in [0, 0.1) is 0 Å². The summed E-state index contributed by atoms with van der Waals surface area (Å²) < 4.78 is 1.95. The number of nitrogens with one attached hydrogen (secondary N) is 1. The molecule has 0 aromatic carbocycles. The first-order valence-corrected chi connectivity index (χ1v) is 4.09. The van der Waals surface area contributed by atoms with Crippen LogP contribution in [0.3, 0.4) is 0 Å². The van der Waals surface area contributed by atoms with Crippen LogP contribution >= 0.6 is 24.8 Å². The standard InChI is InChI=1S/C8H13N3.2ClH/c1-11-8(4-6-10-11)7-3-2-5-9-7;;/h4,6-7,9H,2-3,5H2,1H3;2*1H. The van der Waals surface area contributed by atoms with Crippen LogP contribution in [-0.4, -0.2) is 16.3 Å². The Balaban J connectivity index is 0.000000720. The summed E-state index contributed by atoms with van der Waals surface area (Å²) in [7, 11) is 2.00. The maximum absolute atomic E-state index is 4.14. The van der Waals surface area contributed by atoms with Crippen molar-refractivity contribution in [1.29, 1.82) is 0 Å². The van der Waals surface area contributed by atoms with Crippen molar-refractivity contribution in [3.05, 3.63) is 18.0 Å². The van der Waals surface area contributed by atoms with Crippen LogP contribution in [0.15, 0.2) is 12.3 Å². The largest absolute Gasteiger partial charge is 0.309 e. The molecule has 0 amide bonds. The van der Waals surface area contributed by atoms with Crippen LogP contribution in [0.1, 0.15) is 24.6 Å². The lowest BCUT2D eigenvalue weighted by atomic mass is 10.2. The quantitative estimate of drug-likeness (QED) is 0.786. The van der Waals surface area contributed by atoms with Crippen LogP contribution in [0.2, 0.25) is 0 Å². The van der Waals surface area contributed by atoms with E-state index in [-0.39, 0.29) is 24.8 Å². The predicted octanol–water partition coefficient (Wildman–Crippen LogP) is 1.69. The van der Waals surface area contributed by atoms with Gasteiger partial charge in [0, 0.05) is 19.3 Å². The van der Waals surface area contributed by atoms with Gasteiger partial charge in [0.25, 0.3) is 0 Å². The van der Waals surface area contributed by atoms with E-state index in [1.807, 2.05) is 17.9 Å². The molecule has 1 atom stereocenters. The molecule has 1 unspecified atom stereocenters. The Hall–Kier alpha value is -0.250. The Morgan fingerprint density at radius 3 is 2.77 bits per heavy atom. The summed E-state index contributed by atoms with van der Waals surface area (Å²) >= 11 is 0. The van der Waals surface area contributed by atoms with Gasteiger partial charge in [-0.05, 0) is 25.5 Å². The van der Waals surface area contributed by atoms with E-state index in [0.29, 0.717) is 6.04 Å². The average molecular weight is 224 g/mol. The highest BCUT2D eigenvalue weighted by molar-refractivity contribution is 5.85. The molecule has 2 rings (SSSR count). The minimum atomic E-state index is 0. The smallest absolute Gasteiger partial charge is 0.0550 e. The molecule has 1 aliphatic rings. The lowest BCUT2D eigenvalue weighted by Gasteiger charge is -2.09. The second kappa shape index (κ2) is 5.47. The third kappa shape index (κ3) is 2.59. The van der Waals surface area contributed by atoms with Crippen molar-refractivity contribution in [3.8, 4) is 0 Å². The molecule has 0 radical (unpaired) electrons. The number of rotatable bonds is 1. The van der Waals surface area contributed by atoms with E-state index in [0.717, 1.165) is 6.54 Å². The van der Waals surface area contributed by atoms with Crippen LogP contribution in [0.25, 0.3) is 0 Å². The molecule has 1 saturated heterocycles. The highest BCUT2D eigenvalue weighted by atomic mass is 35.5. The molecule has 1 aromatic rings. The van der Waals surface area contributed by atoms with Crippen molar-refractivity contribution >= 4 is 24.8 Å². The van der Waals surface area contributed by atoms with Gasteiger partial charge in [0.05, 0.1) is 5.69 Å². The van der Waals surface area contributed by atoms with Gasteiger partial charge in [0.15, 0.2) is 0 Å². The van der Waals surface area contributed by atoms with E-state index in [2.05, 4.69) is 16.5 Å². The predicted molar refractivity (Wildman–Crippen MR) is 57.7 cm³/mol. The van der Waals surface area contributed by atoms with Crippen molar-refractivity contribution in [2.45, 2.75) is 18.9 Å². The van der Waals surface area contributed by atoms with Gasteiger partial charge in [-0.25, -0.2) is 0 Å². The van der Waals surface area contributed by atoms with Gasteiger partial charge in [0.1, 0.15) is 0 Å². The van der Waals surface area contributed by atoms with Gasteiger partial charge in [-0.3, -0.25) is 4.68 Å². The second-order valence-corrected chi connectivity index (χ2v) is 3.03. The fourth-order valence-electron chi connectivity index (χ4n) is 1.66. The number of nitrogens with zero attached hydrogens (tertiary/aromatic N) is 2. The maximum Gasteiger partial charge on any atom is 0.0550 e. The summed E-state index contributed by atoms with van der Waals surface area (Å²) in [4.78, 5) is 0. The fraction of sp³-hybridized carbons (Fsp3) is 0.625. The van der Waals surface area contributed by atoms with Gasteiger partial charge in [-0.2, -0.15) is 5.10 Å². The van der Waals surface area contributed by atoms with Crippen LogP contribution < -0.4 is 5.32 Å². The zero-order valence-corrected chi connectivity index (χ0v) is 9.20. The molecule has 3 nitrogen and oxygen atoms in total. The molecule has 2 heterocycles. The molecule has 1 aliphatic heterocycles. The highest BCUT2D eigenvalue weighted by Gasteiger charge is 2.18. The van der Waals surface area contributed by atoms with Gasteiger partial charge in [-0.1, -0.05) is 0 Å². The summed E-state index contributed by atoms with van der Waals surface area (Å²) in [5.41, 5.74) is 1.31. The molecule has 0 saturated carbocycles. The normalized spacial score (nSPS) is 20.5. The Labute approximate surface area is 90.7 Å². The molecular weight excluding hydrogens is 209 g/mol. The third-order valence-corrected chi connectivity index (χ3v) is 2.28. The van der Waals surface area contributed by atoms with E-state index < -0.39 is 0 Å². The fourth-order valence-corrected chi connectivity index (χ4v) is 1.66. The van der Waals surface area contributed by atoms with Crippen LogP contribution in [0.4, 0.5) is 0 Å². The summed E-state index contributed by atoms with van der Waals surface area (Å²) in [6.45, 7) is 1.15. The molecule has 1 fully saturated rings. The minimum absolute atomic E-state index is 0. The van der Waals surface area contributed by atoms with Crippen molar-refractivity contribution in [1.82, 2.24) is 15.1 Å². The molecule has 5 heteroatoms. The average Bonchev–Trinajstić information content (AvgIpc) is 2.55. The van der Waals surface area contributed by atoms with Crippen molar-refractivity contribution in [2.75, 3.05) is 6.54 Å². The van der Waals surface area contributed by atoms with E-state index in [9.17, 15) is 0 Å². The summed E-state index contributed by atoms with van der Waals surface area (Å²) in [6, 6.07) is 2.63. The lowest BCUT2D eigenvalue weighted by Crippen LogP contribution is -2.16. The van der Waals surface area contributed by atoms with Crippen molar-refractivity contribution < 1.29 is 0 Å². The van der Waals surface area contributed by atoms with E-state index in [1.54, 1.807) is 0 Å². The zero-order chi connectivity index (χ0) is 7.68. The Kier molecular flexibility index (Phi) is 5.37. The van der Waals surface area contributed by atoms with E-state index in [4.69, 9.17) is 0 Å². The Morgan fingerprint density at radius 2 is 2.31 bits per heavy atom. The Morgan fingerprint density at radius 1 is 1.54 bits per heavy atom. The second-order valence-electron chi connectivity index (χ2n) is 3.03. The molecule has 1 N–H and O–H groups in total. The van der Waals surface area contributed by atoms with Gasteiger partial charge in [0.2, 0.25) is 0 Å². The maximum atomic E-state index is 4.14. The molecule has 76 valence electrons. The molecule has 0 aliphatic carbocycles. The van der Waals surface area contributed by atoms with Gasteiger partial charge < -0.3 is 5.32 Å². The number of hydrogen-bond donors (Lipinski definition) is 1. The number of aromatic nitrogens is 2. The Bertz CT molecular complexity index is 243. The topological polar surface area (TPSA) is 29.9 Å². The zero-order valence-electron chi connectivity index (χ0n) is 7.56. The highest BCUT2D eigenvalue weighted by Crippen LogP contribution is 2.21. The van der Waals surface area contributed by atoms with E-state index in [1.165, 1.54) is 18.5 Å². The molecule has 0 spiro atoms. The number of hydrogen-bond acceptors (Lipinski definition) is 2. The summed E-state index contributed by atoms with van der Waals surface area (Å²) in [6.07, 6.45) is 4.39. The molecular formula is C8H15Cl2N3. The number of aryl methyl sites for hydroxylation is 1. The van der Waals surface area contributed by atoms with Gasteiger partial charge in [-0.15, -0.1) is 24.8 Å². The lowest BCUT2D eigenvalue weighted by molar-refractivity contribution is 0.574. The minimum Gasteiger partial charge on any atom is -0.309 e. The first-order chi connectivity index (χ1) is 5.38. The van der Waals surface area contributed by atoms with Crippen molar-refractivity contribution in [3.63, 3.8) is 0 Å². The summed E-state index contributed by atoms with van der Waals surface area (Å²) in [5.74, 6) is 0. The van der Waals surface area contributed by atoms with Gasteiger partial charge >= 0.3 is 0 Å². The molecule has 0 bridgehead atoms. The number of halogens is 2. The SMILES string of the molecule is Cl.Cl.Cn1nccc1C1CCCN1.